The van der Waals surface area contributed by atoms with Crippen LogP contribution in [0.2, 0.25) is 5.02 Å². The number of benzene rings is 1. The molecule has 0 fully saturated rings. The summed E-state index contributed by atoms with van der Waals surface area (Å²) < 4.78 is 0. The van der Waals surface area contributed by atoms with Gasteiger partial charge in [0.1, 0.15) is 0 Å². The molecule has 0 bridgehead atoms. The van der Waals surface area contributed by atoms with Gasteiger partial charge in [-0.05, 0) is 43.9 Å². The van der Waals surface area contributed by atoms with Crippen molar-refractivity contribution in [2.45, 2.75) is 26.2 Å². The Labute approximate surface area is 107 Å². The molecule has 0 saturated heterocycles. The Kier molecular flexibility index (Phi) is 5.23. The molecule has 1 atom stereocenters. The van der Waals surface area contributed by atoms with Gasteiger partial charge in [-0.15, -0.1) is 6.58 Å². The first kappa shape index (κ1) is 13.8. The fourth-order valence-electron chi connectivity index (χ4n) is 1.64. The normalized spacial score (nSPS) is 12.1. The van der Waals surface area contributed by atoms with Gasteiger partial charge >= 0.3 is 5.97 Å². The van der Waals surface area contributed by atoms with Crippen molar-refractivity contribution in [3.05, 3.63) is 47.0 Å². The second-order valence-electron chi connectivity index (χ2n) is 4.36. The number of aliphatic carboxylic acids is 1. The quantitative estimate of drug-likeness (QED) is 0.779. The molecule has 0 spiro atoms. The lowest BCUT2D eigenvalue weighted by molar-refractivity contribution is -0.141. The first-order valence-electron chi connectivity index (χ1n) is 5.60. The molecule has 17 heavy (non-hydrogen) atoms. The molecule has 0 aromatic heterocycles. The van der Waals surface area contributed by atoms with E-state index in [1.807, 2.05) is 19.1 Å². The molecule has 0 aliphatic rings. The van der Waals surface area contributed by atoms with Gasteiger partial charge in [-0.2, -0.15) is 0 Å². The Morgan fingerprint density at radius 3 is 2.47 bits per heavy atom. The first-order chi connectivity index (χ1) is 7.99. The highest BCUT2D eigenvalue weighted by atomic mass is 35.5. The van der Waals surface area contributed by atoms with Gasteiger partial charge in [0, 0.05) is 5.02 Å². The van der Waals surface area contributed by atoms with Crippen LogP contribution >= 0.6 is 11.6 Å². The Balaban J connectivity index is 2.63. The van der Waals surface area contributed by atoms with Crippen LogP contribution in [0.4, 0.5) is 0 Å². The van der Waals surface area contributed by atoms with E-state index in [1.165, 1.54) is 0 Å². The standard InChI is InChI=1S/C14H17ClO2/c1-10(2)3-6-12(14(16)17)9-11-4-7-13(15)8-5-11/h4-5,7-8,12H,1,3,6,9H2,2H3,(H,16,17). The summed E-state index contributed by atoms with van der Waals surface area (Å²) in [4.78, 5) is 11.1. The SMILES string of the molecule is C=C(C)CCC(Cc1ccc(Cl)cc1)C(=O)O. The van der Waals surface area contributed by atoms with Crippen LogP contribution in [-0.4, -0.2) is 11.1 Å². The summed E-state index contributed by atoms with van der Waals surface area (Å²) in [5, 5.41) is 9.82. The van der Waals surface area contributed by atoms with Crippen LogP contribution in [0.25, 0.3) is 0 Å². The molecule has 0 aliphatic carbocycles. The molecule has 0 radical (unpaired) electrons. The van der Waals surface area contributed by atoms with E-state index >= 15 is 0 Å². The third-order valence-corrected chi connectivity index (χ3v) is 2.92. The van der Waals surface area contributed by atoms with Crippen molar-refractivity contribution in [2.75, 3.05) is 0 Å². The molecule has 1 aromatic carbocycles. The van der Waals surface area contributed by atoms with Crippen LogP contribution in [0.5, 0.6) is 0 Å². The molecule has 1 N–H and O–H groups in total. The fourth-order valence-corrected chi connectivity index (χ4v) is 1.76. The van der Waals surface area contributed by atoms with Crippen LogP contribution in [0.15, 0.2) is 36.4 Å². The number of allylic oxidation sites excluding steroid dienone is 1. The molecule has 2 nitrogen and oxygen atoms in total. The molecule has 1 unspecified atom stereocenters. The topological polar surface area (TPSA) is 37.3 Å². The fraction of sp³-hybridized carbons (Fsp3) is 0.357. The lowest BCUT2D eigenvalue weighted by atomic mass is 9.93. The second-order valence-corrected chi connectivity index (χ2v) is 4.80. The minimum atomic E-state index is -0.749. The summed E-state index contributed by atoms with van der Waals surface area (Å²) in [6, 6.07) is 7.32. The third kappa shape index (κ3) is 5.05. The maximum absolute atomic E-state index is 11.1. The van der Waals surface area contributed by atoms with Crippen molar-refractivity contribution < 1.29 is 9.90 Å². The van der Waals surface area contributed by atoms with Crippen LogP contribution in [0.1, 0.15) is 25.3 Å². The molecular formula is C14H17ClO2. The monoisotopic (exact) mass is 252 g/mol. The van der Waals surface area contributed by atoms with Gasteiger partial charge in [-0.1, -0.05) is 29.3 Å². The zero-order chi connectivity index (χ0) is 12.8. The number of carboxylic acids is 1. The maximum atomic E-state index is 11.1. The minimum Gasteiger partial charge on any atom is -0.481 e. The van der Waals surface area contributed by atoms with Gasteiger partial charge in [0.05, 0.1) is 5.92 Å². The largest absolute Gasteiger partial charge is 0.481 e. The van der Waals surface area contributed by atoms with Crippen molar-refractivity contribution >= 4 is 17.6 Å². The van der Waals surface area contributed by atoms with E-state index in [2.05, 4.69) is 6.58 Å². The summed E-state index contributed by atoms with van der Waals surface area (Å²) in [5.74, 6) is -1.10. The number of hydrogen-bond acceptors (Lipinski definition) is 1. The van der Waals surface area contributed by atoms with E-state index in [0.717, 1.165) is 17.6 Å². The zero-order valence-electron chi connectivity index (χ0n) is 9.95. The van der Waals surface area contributed by atoms with E-state index in [4.69, 9.17) is 16.7 Å². The minimum absolute atomic E-state index is 0.354. The Hall–Kier alpha value is -1.28. The lowest BCUT2D eigenvalue weighted by Crippen LogP contribution is -2.16. The van der Waals surface area contributed by atoms with Crippen LogP contribution in [0.3, 0.4) is 0 Å². The van der Waals surface area contributed by atoms with Crippen molar-refractivity contribution in [1.29, 1.82) is 0 Å². The molecule has 1 rings (SSSR count). The third-order valence-electron chi connectivity index (χ3n) is 2.66. The summed E-state index contributed by atoms with van der Waals surface area (Å²) in [5.41, 5.74) is 2.02. The second kappa shape index (κ2) is 6.45. The molecule has 3 heteroatoms. The van der Waals surface area contributed by atoms with Gasteiger partial charge in [0.15, 0.2) is 0 Å². The highest BCUT2D eigenvalue weighted by Gasteiger charge is 2.17. The number of halogens is 1. The number of carboxylic acid groups (broad SMARTS) is 1. The molecule has 1 aromatic rings. The van der Waals surface area contributed by atoms with Crippen molar-refractivity contribution in [1.82, 2.24) is 0 Å². The maximum Gasteiger partial charge on any atom is 0.306 e. The average molecular weight is 253 g/mol. The van der Waals surface area contributed by atoms with Gasteiger partial charge in [0.2, 0.25) is 0 Å². The summed E-state index contributed by atoms with van der Waals surface area (Å²) >= 11 is 5.79. The van der Waals surface area contributed by atoms with Crippen molar-refractivity contribution in [3.63, 3.8) is 0 Å². The summed E-state index contributed by atoms with van der Waals surface area (Å²) in [7, 11) is 0. The predicted molar refractivity (Wildman–Crippen MR) is 70.3 cm³/mol. The van der Waals surface area contributed by atoms with Gasteiger partial charge in [0.25, 0.3) is 0 Å². The Bertz CT molecular complexity index is 395. The van der Waals surface area contributed by atoms with E-state index < -0.39 is 5.97 Å². The van der Waals surface area contributed by atoms with Crippen LogP contribution in [0, 0.1) is 5.92 Å². The number of rotatable bonds is 6. The molecule has 0 aliphatic heterocycles. The van der Waals surface area contributed by atoms with Gasteiger partial charge in [-0.25, -0.2) is 0 Å². The van der Waals surface area contributed by atoms with Crippen LogP contribution in [-0.2, 0) is 11.2 Å². The number of carbonyl (C=O) groups is 1. The molecule has 0 heterocycles. The highest BCUT2D eigenvalue weighted by molar-refractivity contribution is 6.30. The summed E-state index contributed by atoms with van der Waals surface area (Å²) in [6.07, 6.45) is 1.93. The highest BCUT2D eigenvalue weighted by Crippen LogP contribution is 2.18. The predicted octanol–water partition coefficient (Wildman–Crippen LogP) is 3.94. The van der Waals surface area contributed by atoms with E-state index in [9.17, 15) is 4.79 Å². The molecule has 0 saturated carbocycles. The summed E-state index contributed by atoms with van der Waals surface area (Å²) in [6.45, 7) is 5.71. The van der Waals surface area contributed by atoms with Crippen LogP contribution < -0.4 is 0 Å². The Morgan fingerprint density at radius 1 is 1.41 bits per heavy atom. The number of hydrogen-bond donors (Lipinski definition) is 1. The van der Waals surface area contributed by atoms with Crippen molar-refractivity contribution in [2.24, 2.45) is 5.92 Å². The average Bonchev–Trinajstić information content (AvgIpc) is 2.26. The molecule has 0 amide bonds. The first-order valence-corrected chi connectivity index (χ1v) is 5.98. The van der Waals surface area contributed by atoms with Gasteiger partial charge < -0.3 is 5.11 Å². The van der Waals surface area contributed by atoms with Crippen molar-refractivity contribution in [3.8, 4) is 0 Å². The van der Waals surface area contributed by atoms with E-state index in [1.54, 1.807) is 12.1 Å². The molecular weight excluding hydrogens is 236 g/mol. The van der Waals surface area contributed by atoms with Gasteiger partial charge in [-0.3, -0.25) is 4.79 Å². The Morgan fingerprint density at radius 2 is 2.00 bits per heavy atom. The zero-order valence-corrected chi connectivity index (χ0v) is 10.7. The van der Waals surface area contributed by atoms with E-state index in [0.29, 0.717) is 17.9 Å². The lowest BCUT2D eigenvalue weighted by Gasteiger charge is -2.12. The molecule has 92 valence electrons. The smallest absolute Gasteiger partial charge is 0.306 e. The van der Waals surface area contributed by atoms with E-state index in [-0.39, 0.29) is 5.92 Å².